The number of aliphatic hydroxyl groups excluding tert-OH is 1. The summed E-state index contributed by atoms with van der Waals surface area (Å²) in [6.45, 7) is 1.24. The van der Waals surface area contributed by atoms with Crippen molar-refractivity contribution in [3.8, 4) is 5.75 Å². The number of nitrogens with zero attached hydrogens (tertiary/aromatic N) is 2. The molecule has 0 radical (unpaired) electrons. The molecule has 1 aromatic heterocycles. The lowest BCUT2D eigenvalue weighted by atomic mass is 10.2. The first kappa shape index (κ1) is 18.1. The zero-order valence-corrected chi connectivity index (χ0v) is 15.6. The lowest BCUT2D eigenvalue weighted by Gasteiger charge is -2.12. The normalized spacial score (nSPS) is 12.2. The highest BCUT2D eigenvalue weighted by atomic mass is 16.5. The van der Waals surface area contributed by atoms with Crippen LogP contribution in [0.3, 0.4) is 0 Å². The molecule has 0 aliphatic rings. The number of hydrogen-bond donors (Lipinski definition) is 2. The maximum absolute atomic E-state index is 10.5. The molecule has 3 N–H and O–H groups in total. The van der Waals surface area contributed by atoms with Crippen molar-refractivity contribution in [2.45, 2.75) is 19.2 Å². The van der Waals surface area contributed by atoms with Gasteiger partial charge in [0, 0.05) is 0 Å². The molecule has 0 unspecified atom stereocenters. The van der Waals surface area contributed by atoms with Crippen LogP contribution in [0.2, 0.25) is 0 Å². The van der Waals surface area contributed by atoms with Gasteiger partial charge >= 0.3 is 5.95 Å². The molecule has 0 saturated carbocycles. The highest BCUT2D eigenvalue weighted by molar-refractivity contribution is 5.74. The number of aliphatic hydroxyl groups is 1. The van der Waals surface area contributed by atoms with Gasteiger partial charge in [-0.05, 0) is 29.8 Å². The Balaban J connectivity index is 1.57. The molecule has 0 spiro atoms. The molecular formula is C23H24N3O2+. The van der Waals surface area contributed by atoms with Gasteiger partial charge in [0.05, 0.1) is 6.54 Å². The third kappa shape index (κ3) is 3.85. The maximum Gasteiger partial charge on any atom is 0.356 e. The van der Waals surface area contributed by atoms with E-state index in [1.807, 2.05) is 71.3 Å². The summed E-state index contributed by atoms with van der Waals surface area (Å²) in [5.74, 6) is 1.36. The van der Waals surface area contributed by atoms with Crippen molar-refractivity contribution >= 4 is 17.0 Å². The average molecular weight is 374 g/mol. The van der Waals surface area contributed by atoms with Crippen LogP contribution in [0.15, 0.2) is 84.9 Å². The lowest BCUT2D eigenvalue weighted by molar-refractivity contribution is -0.648. The van der Waals surface area contributed by atoms with Crippen LogP contribution in [0, 0.1) is 0 Å². The number of rotatable bonds is 7. The van der Waals surface area contributed by atoms with Crippen molar-refractivity contribution in [2.75, 3.05) is 12.3 Å². The first-order chi connectivity index (χ1) is 13.7. The van der Waals surface area contributed by atoms with Crippen molar-refractivity contribution < 1.29 is 14.4 Å². The zero-order valence-electron chi connectivity index (χ0n) is 15.6. The number of nitrogen functional groups attached to an aromatic ring is 1. The number of ether oxygens (including phenoxy) is 1. The molecule has 4 rings (SSSR count). The van der Waals surface area contributed by atoms with Crippen LogP contribution in [-0.2, 0) is 13.1 Å². The van der Waals surface area contributed by atoms with Crippen LogP contribution in [0.4, 0.5) is 5.95 Å². The van der Waals surface area contributed by atoms with Gasteiger partial charge < -0.3 is 9.84 Å². The van der Waals surface area contributed by atoms with E-state index in [0.717, 1.165) is 16.8 Å². The number of nitrogens with two attached hydrogens (primary N) is 1. The van der Waals surface area contributed by atoms with Gasteiger partial charge in [0.15, 0.2) is 0 Å². The van der Waals surface area contributed by atoms with Crippen LogP contribution in [0.1, 0.15) is 5.56 Å². The molecule has 0 aliphatic heterocycles. The quantitative estimate of drug-likeness (QED) is 0.489. The van der Waals surface area contributed by atoms with Gasteiger partial charge in [0.1, 0.15) is 36.0 Å². The molecule has 5 nitrogen and oxygen atoms in total. The van der Waals surface area contributed by atoms with Gasteiger partial charge in [0.25, 0.3) is 0 Å². The number of fused-ring (bicyclic) bond motifs is 1. The second kappa shape index (κ2) is 8.15. The maximum atomic E-state index is 10.5. The fraction of sp³-hybridized carbons (Fsp3) is 0.174. The molecule has 1 atom stereocenters. The minimum atomic E-state index is -0.677. The predicted molar refractivity (Wildman–Crippen MR) is 110 cm³/mol. The van der Waals surface area contributed by atoms with Crippen molar-refractivity contribution in [1.29, 1.82) is 0 Å². The Morgan fingerprint density at radius 2 is 1.54 bits per heavy atom. The van der Waals surface area contributed by atoms with Crippen molar-refractivity contribution in [2.24, 2.45) is 0 Å². The summed E-state index contributed by atoms with van der Waals surface area (Å²) < 4.78 is 9.72. The summed E-state index contributed by atoms with van der Waals surface area (Å²) in [6, 6.07) is 27.8. The van der Waals surface area contributed by atoms with E-state index in [9.17, 15) is 5.11 Å². The lowest BCUT2D eigenvalue weighted by Crippen LogP contribution is -2.37. The fourth-order valence-corrected chi connectivity index (χ4v) is 3.41. The van der Waals surface area contributed by atoms with Crippen LogP contribution in [-0.4, -0.2) is 22.4 Å². The van der Waals surface area contributed by atoms with Gasteiger partial charge in [0.2, 0.25) is 0 Å². The number of hydrogen-bond acceptors (Lipinski definition) is 3. The minimum absolute atomic E-state index is 0.203. The van der Waals surface area contributed by atoms with Crippen LogP contribution >= 0.6 is 0 Å². The van der Waals surface area contributed by atoms with Gasteiger partial charge in [-0.3, -0.25) is 5.73 Å². The smallest absolute Gasteiger partial charge is 0.356 e. The summed E-state index contributed by atoms with van der Waals surface area (Å²) in [7, 11) is 0. The van der Waals surface area contributed by atoms with E-state index in [0.29, 0.717) is 19.0 Å². The van der Waals surface area contributed by atoms with Crippen LogP contribution in [0.5, 0.6) is 5.75 Å². The van der Waals surface area contributed by atoms with E-state index < -0.39 is 6.10 Å². The molecule has 3 aromatic carbocycles. The minimum Gasteiger partial charge on any atom is -0.491 e. The average Bonchev–Trinajstić information content (AvgIpc) is 3.00. The second-order valence-corrected chi connectivity index (χ2v) is 6.81. The van der Waals surface area contributed by atoms with Gasteiger partial charge in [-0.2, -0.15) is 0 Å². The summed E-state index contributed by atoms with van der Waals surface area (Å²) in [5.41, 5.74) is 9.71. The summed E-state index contributed by atoms with van der Waals surface area (Å²) >= 11 is 0. The summed E-state index contributed by atoms with van der Waals surface area (Å²) in [6.07, 6.45) is -0.677. The first-order valence-electron chi connectivity index (χ1n) is 9.39. The molecule has 28 heavy (non-hydrogen) atoms. The monoisotopic (exact) mass is 374 g/mol. The summed E-state index contributed by atoms with van der Waals surface area (Å²) in [4.78, 5) is 0. The van der Waals surface area contributed by atoms with Gasteiger partial charge in [-0.1, -0.05) is 60.7 Å². The van der Waals surface area contributed by atoms with Crippen molar-refractivity contribution in [1.82, 2.24) is 4.57 Å². The Hall–Kier alpha value is -3.31. The van der Waals surface area contributed by atoms with E-state index in [1.54, 1.807) is 0 Å². The Morgan fingerprint density at radius 1 is 0.893 bits per heavy atom. The molecule has 1 heterocycles. The Kier molecular flexibility index (Phi) is 5.26. The number of imidazole rings is 1. The number of aromatic nitrogens is 2. The van der Waals surface area contributed by atoms with Crippen molar-refractivity contribution in [3.05, 3.63) is 90.5 Å². The number of para-hydroxylation sites is 3. The highest BCUT2D eigenvalue weighted by Gasteiger charge is 2.23. The van der Waals surface area contributed by atoms with Crippen LogP contribution in [0.25, 0.3) is 11.0 Å². The molecule has 0 bridgehead atoms. The number of benzene rings is 3. The summed E-state index contributed by atoms with van der Waals surface area (Å²) in [5, 5.41) is 10.5. The third-order valence-corrected chi connectivity index (χ3v) is 4.78. The van der Waals surface area contributed by atoms with Gasteiger partial charge in [-0.15, -0.1) is 0 Å². The third-order valence-electron chi connectivity index (χ3n) is 4.78. The molecule has 0 amide bonds. The van der Waals surface area contributed by atoms with Crippen molar-refractivity contribution in [3.63, 3.8) is 0 Å². The van der Waals surface area contributed by atoms with Gasteiger partial charge in [-0.25, -0.2) is 9.13 Å². The van der Waals surface area contributed by atoms with E-state index >= 15 is 0 Å². The molecule has 4 aromatic rings. The second-order valence-electron chi connectivity index (χ2n) is 6.81. The standard InChI is InChI=1S/C23H23N3O2/c24-23-25(15-18-9-3-1-4-10-18)21-13-7-8-14-22(21)26(23)16-19(27)17-28-20-11-5-2-6-12-20/h1-14,19,24,27H,15-17H2/p+1/t19-/m0/s1. The Labute approximate surface area is 164 Å². The van der Waals surface area contributed by atoms with Crippen LogP contribution < -0.4 is 15.0 Å². The van der Waals surface area contributed by atoms with E-state index in [2.05, 4.69) is 22.8 Å². The molecule has 5 heteroatoms. The Morgan fingerprint density at radius 3 is 2.29 bits per heavy atom. The topological polar surface area (TPSA) is 64.3 Å². The zero-order chi connectivity index (χ0) is 19.3. The van der Waals surface area contributed by atoms with E-state index in [-0.39, 0.29) is 6.61 Å². The molecule has 0 saturated heterocycles. The largest absolute Gasteiger partial charge is 0.491 e. The molecule has 142 valence electrons. The Bertz CT molecular complexity index is 1050. The molecule has 0 aliphatic carbocycles. The number of anilines is 1. The van der Waals surface area contributed by atoms with E-state index in [4.69, 9.17) is 10.5 Å². The first-order valence-corrected chi connectivity index (χ1v) is 9.39. The fourth-order valence-electron chi connectivity index (χ4n) is 3.41. The molecule has 0 fully saturated rings. The molecular weight excluding hydrogens is 350 g/mol. The van der Waals surface area contributed by atoms with E-state index in [1.165, 1.54) is 5.56 Å². The SMILES string of the molecule is Nc1n(C[C@H](O)COc2ccccc2)c2ccccc2[n+]1Cc1ccccc1. The predicted octanol–water partition coefficient (Wildman–Crippen LogP) is 3.00. The highest BCUT2D eigenvalue weighted by Crippen LogP contribution is 2.18.